The number of benzene rings is 1. The smallest absolute Gasteiger partial charge is 0.240 e. The first-order valence-corrected chi connectivity index (χ1v) is 6.57. The molecule has 0 spiro atoms. The average molecular weight is 309 g/mol. The number of nitrogens with one attached hydrogen (secondary N) is 1. The zero-order valence-corrected chi connectivity index (χ0v) is 12.2. The van der Waals surface area contributed by atoms with Gasteiger partial charge in [-0.15, -0.1) is 12.4 Å². The molecule has 0 radical (unpaired) electrons. The number of hydrogen-bond donors (Lipinski definition) is 1. The lowest BCUT2D eigenvalue weighted by molar-refractivity contribution is 0.0725. The normalized spacial score (nSPS) is 17.9. The maximum atomic E-state index is 14.0. The summed E-state index contributed by atoms with van der Waals surface area (Å²) >= 11 is 0. The number of piperazine rings is 1. The van der Waals surface area contributed by atoms with Crippen molar-refractivity contribution in [3.63, 3.8) is 0 Å². The Morgan fingerprint density at radius 3 is 2.45 bits per heavy atom. The standard InChI is InChI=1S/C14H19F3N2.ClH/c1-10-2-3-11(12(15)8-10)13(9-14(16)17)19-6-4-18-5-7-19;/h2-3,8,13-14,18H,4-7,9H2,1H3;1H/t13-;/m1./s1. The first kappa shape index (κ1) is 17.3. The van der Waals surface area contributed by atoms with Gasteiger partial charge in [-0.25, -0.2) is 13.2 Å². The molecular formula is C14H20ClF3N2. The van der Waals surface area contributed by atoms with Crippen LogP contribution in [-0.4, -0.2) is 37.5 Å². The van der Waals surface area contributed by atoms with Gasteiger partial charge in [0.2, 0.25) is 6.43 Å². The number of hydrogen-bond acceptors (Lipinski definition) is 2. The van der Waals surface area contributed by atoms with E-state index in [0.717, 1.165) is 18.7 Å². The maximum absolute atomic E-state index is 14.0. The van der Waals surface area contributed by atoms with Crippen molar-refractivity contribution in [3.05, 3.63) is 35.1 Å². The number of alkyl halides is 2. The van der Waals surface area contributed by atoms with Crippen LogP contribution in [0.25, 0.3) is 0 Å². The topological polar surface area (TPSA) is 15.3 Å². The Morgan fingerprint density at radius 2 is 1.90 bits per heavy atom. The van der Waals surface area contributed by atoms with Crippen LogP contribution in [0.2, 0.25) is 0 Å². The van der Waals surface area contributed by atoms with Gasteiger partial charge in [-0.1, -0.05) is 12.1 Å². The lowest BCUT2D eigenvalue weighted by atomic mass is 9.99. The van der Waals surface area contributed by atoms with Crippen molar-refractivity contribution in [2.75, 3.05) is 26.2 Å². The predicted molar refractivity (Wildman–Crippen MR) is 76.2 cm³/mol. The van der Waals surface area contributed by atoms with Crippen LogP contribution in [0.5, 0.6) is 0 Å². The van der Waals surface area contributed by atoms with Crippen LogP contribution >= 0.6 is 12.4 Å². The van der Waals surface area contributed by atoms with Crippen LogP contribution < -0.4 is 5.32 Å². The predicted octanol–water partition coefficient (Wildman–Crippen LogP) is 3.16. The van der Waals surface area contributed by atoms with Crippen molar-refractivity contribution in [2.45, 2.75) is 25.8 Å². The second-order valence-corrected chi connectivity index (χ2v) is 4.95. The van der Waals surface area contributed by atoms with E-state index in [2.05, 4.69) is 5.32 Å². The summed E-state index contributed by atoms with van der Waals surface area (Å²) in [5.74, 6) is -0.385. The summed E-state index contributed by atoms with van der Waals surface area (Å²) in [4.78, 5) is 1.94. The number of halogens is 4. The minimum atomic E-state index is -2.43. The highest BCUT2D eigenvalue weighted by molar-refractivity contribution is 5.85. The SMILES string of the molecule is Cc1ccc([C@@H](CC(F)F)N2CCNCC2)c(F)c1.Cl. The molecular weight excluding hydrogens is 289 g/mol. The van der Waals surface area contributed by atoms with Crippen LogP contribution in [0.1, 0.15) is 23.6 Å². The Hall–Kier alpha value is -0.780. The summed E-state index contributed by atoms with van der Waals surface area (Å²) in [6.07, 6.45) is -2.75. The van der Waals surface area contributed by atoms with Gasteiger partial charge in [0.15, 0.2) is 0 Å². The second-order valence-electron chi connectivity index (χ2n) is 4.95. The molecule has 0 aromatic heterocycles. The molecule has 1 N–H and O–H groups in total. The van der Waals surface area contributed by atoms with Gasteiger partial charge < -0.3 is 5.32 Å². The van der Waals surface area contributed by atoms with Crippen molar-refractivity contribution >= 4 is 12.4 Å². The van der Waals surface area contributed by atoms with Crippen molar-refractivity contribution in [1.29, 1.82) is 0 Å². The van der Waals surface area contributed by atoms with Crippen molar-refractivity contribution in [2.24, 2.45) is 0 Å². The molecule has 20 heavy (non-hydrogen) atoms. The second kappa shape index (κ2) is 7.86. The highest BCUT2D eigenvalue weighted by Gasteiger charge is 2.27. The van der Waals surface area contributed by atoms with Crippen LogP contribution in [0.4, 0.5) is 13.2 Å². The minimum absolute atomic E-state index is 0. The van der Waals surface area contributed by atoms with Crippen molar-refractivity contribution in [1.82, 2.24) is 10.2 Å². The maximum Gasteiger partial charge on any atom is 0.240 e. The van der Waals surface area contributed by atoms with Crippen molar-refractivity contribution < 1.29 is 13.2 Å². The van der Waals surface area contributed by atoms with Crippen LogP contribution in [0.3, 0.4) is 0 Å². The van der Waals surface area contributed by atoms with E-state index in [0.29, 0.717) is 18.7 Å². The molecule has 1 aliphatic heterocycles. The van der Waals surface area contributed by atoms with Gasteiger partial charge in [0.25, 0.3) is 0 Å². The van der Waals surface area contributed by atoms with Gasteiger partial charge in [-0.2, -0.15) is 0 Å². The Bertz CT molecular complexity index is 423. The first-order chi connectivity index (χ1) is 9.08. The van der Waals surface area contributed by atoms with Crippen molar-refractivity contribution in [3.8, 4) is 0 Å². The molecule has 6 heteroatoms. The molecule has 1 aromatic rings. The number of aryl methyl sites for hydroxylation is 1. The summed E-state index contributed by atoms with van der Waals surface area (Å²) < 4.78 is 39.6. The van der Waals surface area contributed by atoms with E-state index < -0.39 is 12.5 Å². The van der Waals surface area contributed by atoms with E-state index in [1.165, 1.54) is 6.07 Å². The zero-order valence-electron chi connectivity index (χ0n) is 11.4. The first-order valence-electron chi connectivity index (χ1n) is 6.57. The third-order valence-corrected chi connectivity index (χ3v) is 3.51. The Labute approximate surface area is 123 Å². The molecule has 0 unspecified atom stereocenters. The van der Waals surface area contributed by atoms with Gasteiger partial charge in [0.1, 0.15) is 5.82 Å². The molecule has 1 atom stereocenters. The lowest BCUT2D eigenvalue weighted by Crippen LogP contribution is -2.45. The van der Waals surface area contributed by atoms with E-state index in [4.69, 9.17) is 0 Å². The molecule has 0 amide bonds. The van der Waals surface area contributed by atoms with Gasteiger partial charge >= 0.3 is 0 Å². The fraction of sp³-hybridized carbons (Fsp3) is 0.571. The molecule has 0 bridgehead atoms. The highest BCUT2D eigenvalue weighted by atomic mass is 35.5. The van der Waals surface area contributed by atoms with Gasteiger partial charge in [0.05, 0.1) is 0 Å². The summed E-state index contributed by atoms with van der Waals surface area (Å²) in [5, 5.41) is 3.18. The summed E-state index contributed by atoms with van der Waals surface area (Å²) in [5.41, 5.74) is 1.19. The summed E-state index contributed by atoms with van der Waals surface area (Å²) in [7, 11) is 0. The van der Waals surface area contributed by atoms with E-state index in [-0.39, 0.29) is 24.6 Å². The lowest BCUT2D eigenvalue weighted by Gasteiger charge is -2.35. The molecule has 114 valence electrons. The third kappa shape index (κ3) is 4.36. The fourth-order valence-corrected chi connectivity index (χ4v) is 2.54. The van der Waals surface area contributed by atoms with Gasteiger partial charge in [0, 0.05) is 44.2 Å². The third-order valence-electron chi connectivity index (χ3n) is 3.51. The minimum Gasteiger partial charge on any atom is -0.314 e. The summed E-state index contributed by atoms with van der Waals surface area (Å²) in [6.45, 7) is 4.65. The van der Waals surface area contributed by atoms with Crippen LogP contribution in [0.15, 0.2) is 18.2 Å². The molecule has 0 saturated carbocycles. The number of nitrogens with zero attached hydrogens (tertiary/aromatic N) is 1. The van der Waals surface area contributed by atoms with E-state index in [1.54, 1.807) is 19.1 Å². The number of rotatable bonds is 4. The Kier molecular flexibility index (Phi) is 6.79. The van der Waals surface area contributed by atoms with Crippen LogP contribution in [-0.2, 0) is 0 Å². The van der Waals surface area contributed by atoms with E-state index in [9.17, 15) is 13.2 Å². The molecule has 1 aliphatic rings. The largest absolute Gasteiger partial charge is 0.314 e. The zero-order chi connectivity index (χ0) is 13.8. The molecule has 1 fully saturated rings. The highest BCUT2D eigenvalue weighted by Crippen LogP contribution is 2.29. The fourth-order valence-electron chi connectivity index (χ4n) is 2.54. The monoisotopic (exact) mass is 308 g/mol. The van der Waals surface area contributed by atoms with Crippen LogP contribution in [0, 0.1) is 12.7 Å². The van der Waals surface area contributed by atoms with E-state index >= 15 is 0 Å². The average Bonchev–Trinajstić information content (AvgIpc) is 2.37. The molecule has 1 heterocycles. The molecule has 0 aliphatic carbocycles. The Balaban J connectivity index is 0.00000200. The Morgan fingerprint density at radius 1 is 1.25 bits per heavy atom. The molecule has 2 nitrogen and oxygen atoms in total. The van der Waals surface area contributed by atoms with Gasteiger partial charge in [-0.3, -0.25) is 4.90 Å². The van der Waals surface area contributed by atoms with E-state index in [1.807, 2.05) is 4.90 Å². The molecule has 2 rings (SSSR count). The quantitative estimate of drug-likeness (QED) is 0.919. The molecule has 1 aromatic carbocycles. The molecule has 1 saturated heterocycles. The summed E-state index contributed by atoms with van der Waals surface area (Å²) in [6, 6.07) is 4.29. The van der Waals surface area contributed by atoms with Gasteiger partial charge in [-0.05, 0) is 18.6 Å².